The summed E-state index contributed by atoms with van der Waals surface area (Å²) in [6.45, 7) is 6.31. The van der Waals surface area contributed by atoms with Crippen LogP contribution in [-0.4, -0.2) is 38.8 Å². The van der Waals surface area contributed by atoms with E-state index in [9.17, 15) is 0 Å². The molecule has 0 bridgehead atoms. The van der Waals surface area contributed by atoms with Crippen LogP contribution in [-0.2, 0) is 0 Å². The minimum Gasteiger partial charge on any atom is -0.512 e. The van der Waals surface area contributed by atoms with E-state index in [0.717, 1.165) is 0 Å². The van der Waals surface area contributed by atoms with Crippen molar-refractivity contribution >= 4 is 13.0 Å². The van der Waals surface area contributed by atoms with Gasteiger partial charge in [0, 0.05) is 5.69 Å². The highest BCUT2D eigenvalue weighted by atomic mass is 16.6. The lowest BCUT2D eigenvalue weighted by molar-refractivity contribution is -0.107. The van der Waals surface area contributed by atoms with E-state index in [4.69, 9.17) is 26.0 Å². The van der Waals surface area contributed by atoms with E-state index in [1.165, 1.54) is 0 Å². The lowest BCUT2D eigenvalue weighted by Crippen LogP contribution is -2.44. The molecular weight excluding hydrogens is 249 g/mol. The first-order chi connectivity index (χ1) is 8.43. The van der Waals surface area contributed by atoms with E-state index in [1.54, 1.807) is 52.0 Å². The summed E-state index contributed by atoms with van der Waals surface area (Å²) in [5.74, 6) is 0.370. The molecule has 0 saturated carbocycles. The molecule has 108 valence electrons. The maximum atomic E-state index is 9.10. The molecule has 0 amide bonds. The number of rotatable bonds is 3. The van der Waals surface area contributed by atoms with Crippen molar-refractivity contribution in [2.75, 3.05) is 5.73 Å². The molecule has 0 atom stereocenters. The predicted octanol–water partition coefficient (Wildman–Crippen LogP) is 0.145. The van der Waals surface area contributed by atoms with Crippen molar-refractivity contribution in [1.82, 2.24) is 0 Å². The van der Waals surface area contributed by atoms with E-state index >= 15 is 0 Å². The van der Waals surface area contributed by atoms with Crippen molar-refractivity contribution in [1.29, 1.82) is 0 Å². The van der Waals surface area contributed by atoms with Gasteiger partial charge in [-0.15, -0.1) is 0 Å². The van der Waals surface area contributed by atoms with Gasteiger partial charge in [0.2, 0.25) is 0 Å². The lowest BCUT2D eigenvalue weighted by atomic mass is 9.90. The van der Waals surface area contributed by atoms with Gasteiger partial charge in [-0.3, -0.25) is 0 Å². The van der Waals surface area contributed by atoms with Gasteiger partial charge in [-0.25, -0.2) is 0 Å². The van der Waals surface area contributed by atoms with Crippen molar-refractivity contribution in [3.05, 3.63) is 24.3 Å². The monoisotopic (exact) mass is 271 g/mol. The molecular formula is C12H22BNO5. The molecule has 19 heavy (non-hydrogen) atoms. The minimum atomic E-state index is -1.78. The minimum absolute atomic E-state index is 0.370. The van der Waals surface area contributed by atoms with Crippen molar-refractivity contribution in [3.63, 3.8) is 0 Å². The zero-order valence-corrected chi connectivity index (χ0v) is 11.7. The molecule has 1 aromatic carbocycles. The predicted molar refractivity (Wildman–Crippen MR) is 74.3 cm³/mol. The Kier molecular flexibility index (Phi) is 6.31. The first kappa shape index (κ1) is 17.7. The maximum Gasteiger partial charge on any atom is 0.707 e. The fraction of sp³-hybridized carbons (Fsp3) is 0.500. The quantitative estimate of drug-likeness (QED) is 0.394. The third-order valence-corrected chi connectivity index (χ3v) is 2.62. The third-order valence-electron chi connectivity index (χ3n) is 2.62. The highest BCUT2D eigenvalue weighted by Gasteiger charge is 2.31. The van der Waals surface area contributed by atoms with Gasteiger partial charge in [0.15, 0.2) is 0 Å². The average molecular weight is 271 g/mol. The number of aliphatic hydroxyl groups is 2. The highest BCUT2D eigenvalue weighted by Crippen LogP contribution is 2.19. The zero-order valence-electron chi connectivity index (χ0n) is 11.7. The summed E-state index contributed by atoms with van der Waals surface area (Å²) in [6, 6.07) is 6.32. The van der Waals surface area contributed by atoms with Crippen LogP contribution in [0.3, 0.4) is 0 Å². The summed E-state index contributed by atoms with van der Waals surface area (Å²) in [4.78, 5) is 0. The molecule has 6 nitrogen and oxygen atoms in total. The molecule has 0 fully saturated rings. The van der Waals surface area contributed by atoms with Crippen molar-refractivity contribution in [2.24, 2.45) is 0 Å². The number of nitrogens with two attached hydrogens (primary N) is 1. The van der Waals surface area contributed by atoms with Crippen LogP contribution < -0.4 is 10.4 Å². The van der Waals surface area contributed by atoms with Crippen LogP contribution in [0.25, 0.3) is 0 Å². The number of nitrogen functional groups attached to an aromatic ring is 1. The summed E-state index contributed by atoms with van der Waals surface area (Å²) in [7, 11) is -1.78. The van der Waals surface area contributed by atoms with Crippen molar-refractivity contribution < 1.29 is 24.9 Å². The molecule has 0 spiro atoms. The van der Waals surface area contributed by atoms with Gasteiger partial charge in [-0.1, -0.05) is 0 Å². The summed E-state index contributed by atoms with van der Waals surface area (Å²) in [6.07, 6.45) is 0. The zero-order chi connectivity index (χ0) is 15.3. The van der Waals surface area contributed by atoms with Crippen molar-refractivity contribution in [3.8, 4) is 5.75 Å². The number of hydrogen-bond acceptors (Lipinski definition) is 6. The summed E-state index contributed by atoms with van der Waals surface area (Å²) in [5, 5.41) is 35.0. The second-order valence-electron chi connectivity index (χ2n) is 5.13. The summed E-state index contributed by atoms with van der Waals surface area (Å²) in [5.41, 5.74) is 3.96. The Morgan fingerprint density at radius 3 is 1.58 bits per heavy atom. The summed E-state index contributed by atoms with van der Waals surface area (Å²) < 4.78 is 4.52. The first-order valence-corrected chi connectivity index (χ1v) is 5.76. The fourth-order valence-electron chi connectivity index (χ4n) is 0.668. The molecule has 0 heterocycles. The normalized spacial score (nSPS) is 11.4. The second-order valence-corrected chi connectivity index (χ2v) is 5.13. The van der Waals surface area contributed by atoms with Crippen LogP contribution >= 0.6 is 0 Å². The van der Waals surface area contributed by atoms with E-state index < -0.39 is 18.5 Å². The van der Waals surface area contributed by atoms with Gasteiger partial charge in [-0.2, -0.15) is 0 Å². The van der Waals surface area contributed by atoms with E-state index in [1.807, 2.05) is 0 Å². The second kappa shape index (κ2) is 6.77. The summed E-state index contributed by atoms with van der Waals surface area (Å²) >= 11 is 0. The lowest BCUT2D eigenvalue weighted by Gasteiger charge is -2.31. The molecule has 0 aliphatic rings. The molecule has 0 aromatic heterocycles. The van der Waals surface area contributed by atoms with E-state index in [0.29, 0.717) is 11.4 Å². The highest BCUT2D eigenvalue weighted by molar-refractivity contribution is 6.33. The van der Waals surface area contributed by atoms with Crippen LogP contribution in [0.5, 0.6) is 5.75 Å². The Bertz CT molecular complexity index is 355. The molecule has 1 aromatic rings. The largest absolute Gasteiger partial charge is 0.707 e. The Morgan fingerprint density at radius 1 is 0.947 bits per heavy atom. The first-order valence-electron chi connectivity index (χ1n) is 5.76. The van der Waals surface area contributed by atoms with Crippen LogP contribution in [0.15, 0.2) is 24.3 Å². The van der Waals surface area contributed by atoms with Gasteiger partial charge >= 0.3 is 7.32 Å². The molecule has 0 unspecified atom stereocenters. The van der Waals surface area contributed by atoms with Gasteiger partial charge in [0.05, 0.1) is 11.2 Å². The van der Waals surface area contributed by atoms with Crippen molar-refractivity contribution in [2.45, 2.75) is 38.9 Å². The molecule has 6 N–H and O–H groups in total. The molecule has 0 aliphatic heterocycles. The van der Waals surface area contributed by atoms with Gasteiger partial charge < -0.3 is 30.6 Å². The van der Waals surface area contributed by atoms with Gasteiger partial charge in [-0.05, 0) is 52.0 Å². The van der Waals surface area contributed by atoms with Crippen LogP contribution in [0, 0.1) is 0 Å². The van der Waals surface area contributed by atoms with E-state index in [2.05, 4.69) is 4.65 Å². The number of anilines is 1. The smallest absolute Gasteiger partial charge is 0.512 e. The molecule has 0 saturated heterocycles. The number of benzene rings is 1. The number of hydrogen-bond donors (Lipinski definition) is 5. The van der Waals surface area contributed by atoms with E-state index in [-0.39, 0.29) is 0 Å². The Labute approximate surface area is 113 Å². The van der Waals surface area contributed by atoms with Crippen LogP contribution in [0.4, 0.5) is 5.69 Å². The molecule has 0 aliphatic carbocycles. The van der Waals surface area contributed by atoms with Crippen LogP contribution in [0.2, 0.25) is 0 Å². The van der Waals surface area contributed by atoms with Crippen LogP contribution in [0.1, 0.15) is 27.7 Å². The fourth-order valence-corrected chi connectivity index (χ4v) is 0.668. The van der Waals surface area contributed by atoms with Gasteiger partial charge in [0.1, 0.15) is 5.75 Å². The topological polar surface area (TPSA) is 116 Å². The third kappa shape index (κ3) is 7.68. The Morgan fingerprint density at radius 2 is 1.32 bits per heavy atom. The molecule has 1 rings (SSSR count). The Hall–Kier alpha value is -1.28. The molecule has 0 radical (unpaired) electrons. The van der Waals surface area contributed by atoms with Gasteiger partial charge in [0.25, 0.3) is 0 Å². The standard InChI is InChI=1S/C6H8BNO3.C6H14O2/c8-5-1-3-6(4-2-5)11-7(9)10;1-5(2,7)6(3,4)8/h1-4,9-10H,8H2;7-8H,1-4H3. The molecule has 7 heteroatoms. The Balaban J connectivity index is 0.000000362. The average Bonchev–Trinajstić information content (AvgIpc) is 2.18. The maximum absolute atomic E-state index is 9.10. The SMILES string of the molecule is CC(C)(O)C(C)(C)O.Nc1ccc(OB(O)O)cc1.